The summed E-state index contributed by atoms with van der Waals surface area (Å²) in [6, 6.07) is 13.5. The van der Waals surface area contributed by atoms with E-state index in [2.05, 4.69) is 0 Å². The molecule has 0 radical (unpaired) electrons. The summed E-state index contributed by atoms with van der Waals surface area (Å²) < 4.78 is 0. The lowest BCUT2D eigenvalue weighted by Gasteiger charge is -2.12. The molecule has 0 amide bonds. The molecule has 18 heavy (non-hydrogen) atoms. The molecule has 3 nitrogen and oxygen atoms in total. The Morgan fingerprint density at radius 3 is 2.33 bits per heavy atom. The van der Waals surface area contributed by atoms with Gasteiger partial charge in [-0.05, 0) is 24.3 Å². The van der Waals surface area contributed by atoms with Crippen molar-refractivity contribution in [2.45, 2.75) is 0 Å². The van der Waals surface area contributed by atoms with Gasteiger partial charge in [-0.1, -0.05) is 30.4 Å². The fourth-order valence-electron chi connectivity index (χ4n) is 1.24. The van der Waals surface area contributed by atoms with Crippen LogP contribution in [0.15, 0.2) is 66.4 Å². The second kappa shape index (κ2) is 7.49. The summed E-state index contributed by atoms with van der Waals surface area (Å²) in [7, 11) is 1.95. The summed E-state index contributed by atoms with van der Waals surface area (Å²) in [5.74, 6) is 0. The Bertz CT molecular complexity index is 523. The van der Waals surface area contributed by atoms with E-state index in [1.165, 1.54) is 6.08 Å². The first-order valence-electron chi connectivity index (χ1n) is 5.41. The molecule has 0 spiro atoms. The number of rotatable bonds is 4. The van der Waals surface area contributed by atoms with Crippen LogP contribution >= 0.6 is 0 Å². The topological polar surface area (TPSA) is 50.8 Å². The van der Waals surface area contributed by atoms with Crippen LogP contribution in [0.25, 0.3) is 0 Å². The maximum absolute atomic E-state index is 8.52. The molecule has 0 aliphatic carbocycles. The summed E-state index contributed by atoms with van der Waals surface area (Å²) in [6.07, 6.45) is 8.66. The molecule has 3 heteroatoms. The SMILES string of the molecule is CN(/C=C/C=C/C=C(C#N)C#N)c1ccccc1. The number of hydrogen-bond acceptors (Lipinski definition) is 3. The van der Waals surface area contributed by atoms with Crippen molar-refractivity contribution in [3.63, 3.8) is 0 Å². The molecule has 0 N–H and O–H groups in total. The largest absolute Gasteiger partial charge is 0.351 e. The lowest BCUT2D eigenvalue weighted by molar-refractivity contribution is 1.20. The Balaban J connectivity index is 2.57. The summed E-state index contributed by atoms with van der Waals surface area (Å²) in [5.41, 5.74) is 1.18. The minimum absolute atomic E-state index is 0.0936. The molecule has 0 heterocycles. The number of benzene rings is 1. The Hall–Kier alpha value is -2.78. The molecular weight excluding hydrogens is 222 g/mol. The van der Waals surface area contributed by atoms with E-state index >= 15 is 0 Å². The molecule has 0 saturated heterocycles. The zero-order valence-corrected chi connectivity index (χ0v) is 10.1. The number of anilines is 1. The number of hydrogen-bond donors (Lipinski definition) is 0. The highest BCUT2D eigenvalue weighted by atomic mass is 15.1. The minimum atomic E-state index is 0.0936. The minimum Gasteiger partial charge on any atom is -0.351 e. The monoisotopic (exact) mass is 235 g/mol. The third-order valence-electron chi connectivity index (χ3n) is 2.20. The smallest absolute Gasteiger partial charge is 0.129 e. The van der Waals surface area contributed by atoms with Crippen molar-refractivity contribution in [1.82, 2.24) is 0 Å². The quantitative estimate of drug-likeness (QED) is 0.595. The van der Waals surface area contributed by atoms with E-state index in [9.17, 15) is 0 Å². The van der Waals surface area contributed by atoms with E-state index < -0.39 is 0 Å². The fourth-order valence-corrected chi connectivity index (χ4v) is 1.24. The van der Waals surface area contributed by atoms with E-state index in [1.54, 1.807) is 24.3 Å². The molecule has 0 aliphatic heterocycles. The Morgan fingerprint density at radius 2 is 1.72 bits per heavy atom. The Labute approximate surface area is 107 Å². The highest BCUT2D eigenvalue weighted by Crippen LogP contribution is 2.10. The van der Waals surface area contributed by atoms with Gasteiger partial charge >= 0.3 is 0 Å². The van der Waals surface area contributed by atoms with Gasteiger partial charge in [-0.15, -0.1) is 0 Å². The molecule has 0 aromatic heterocycles. The van der Waals surface area contributed by atoms with E-state index in [4.69, 9.17) is 10.5 Å². The molecule has 88 valence electrons. The van der Waals surface area contributed by atoms with Gasteiger partial charge in [-0.25, -0.2) is 0 Å². The van der Waals surface area contributed by atoms with Gasteiger partial charge in [-0.2, -0.15) is 10.5 Å². The van der Waals surface area contributed by atoms with Crippen molar-refractivity contribution in [3.05, 3.63) is 66.4 Å². The van der Waals surface area contributed by atoms with Gasteiger partial charge in [-0.3, -0.25) is 0 Å². The molecule has 1 aromatic carbocycles. The highest BCUT2D eigenvalue weighted by Gasteiger charge is 1.92. The van der Waals surface area contributed by atoms with Crippen molar-refractivity contribution in [2.24, 2.45) is 0 Å². The van der Waals surface area contributed by atoms with Crippen LogP contribution in [-0.4, -0.2) is 7.05 Å². The van der Waals surface area contributed by atoms with Gasteiger partial charge in [0.15, 0.2) is 0 Å². The fraction of sp³-hybridized carbons (Fsp3) is 0.0667. The molecule has 0 saturated carbocycles. The lowest BCUT2D eigenvalue weighted by atomic mass is 10.3. The number of nitrogens with zero attached hydrogens (tertiary/aromatic N) is 3. The standard InChI is InChI=1S/C15H13N3/c1-18(15-9-5-2-6-10-15)11-7-3-4-8-14(12-16)13-17/h2-11H,1H3/b4-3+,11-7+. The molecular formula is C15H13N3. The second-order valence-electron chi connectivity index (χ2n) is 3.48. The van der Waals surface area contributed by atoms with Gasteiger partial charge < -0.3 is 4.90 Å². The van der Waals surface area contributed by atoms with Crippen molar-refractivity contribution in [1.29, 1.82) is 10.5 Å². The lowest BCUT2D eigenvalue weighted by Crippen LogP contribution is -2.06. The summed E-state index contributed by atoms with van der Waals surface area (Å²) in [5, 5.41) is 17.0. The first-order valence-corrected chi connectivity index (χ1v) is 5.41. The highest BCUT2D eigenvalue weighted by molar-refractivity contribution is 5.48. The zero-order chi connectivity index (χ0) is 13.2. The van der Waals surface area contributed by atoms with Gasteiger partial charge in [0.25, 0.3) is 0 Å². The molecule has 0 unspecified atom stereocenters. The third kappa shape index (κ3) is 4.38. The van der Waals surface area contributed by atoms with Crippen LogP contribution < -0.4 is 4.90 Å². The maximum Gasteiger partial charge on any atom is 0.129 e. The van der Waals surface area contributed by atoms with Crippen LogP contribution in [0.1, 0.15) is 0 Å². The van der Waals surface area contributed by atoms with Crippen molar-refractivity contribution in [2.75, 3.05) is 11.9 Å². The molecule has 1 aromatic rings. The Kier molecular flexibility index (Phi) is 5.53. The number of allylic oxidation sites excluding steroid dienone is 5. The molecule has 0 aliphatic rings. The summed E-state index contributed by atoms with van der Waals surface area (Å²) >= 11 is 0. The first-order chi connectivity index (χ1) is 8.77. The van der Waals surface area contributed by atoms with E-state index in [0.717, 1.165) is 5.69 Å². The predicted octanol–water partition coefficient (Wildman–Crippen LogP) is 3.17. The van der Waals surface area contributed by atoms with Crippen LogP contribution in [0.3, 0.4) is 0 Å². The van der Waals surface area contributed by atoms with Gasteiger partial charge in [0.1, 0.15) is 17.7 Å². The van der Waals surface area contributed by atoms with E-state index in [-0.39, 0.29) is 5.57 Å². The van der Waals surface area contributed by atoms with Gasteiger partial charge in [0, 0.05) is 18.9 Å². The van der Waals surface area contributed by atoms with Crippen molar-refractivity contribution >= 4 is 5.69 Å². The van der Waals surface area contributed by atoms with Gasteiger partial charge in [0.2, 0.25) is 0 Å². The summed E-state index contributed by atoms with van der Waals surface area (Å²) in [6.45, 7) is 0. The van der Waals surface area contributed by atoms with Gasteiger partial charge in [0.05, 0.1) is 0 Å². The average Bonchev–Trinajstić information content (AvgIpc) is 2.43. The third-order valence-corrected chi connectivity index (χ3v) is 2.20. The van der Waals surface area contributed by atoms with E-state index in [1.807, 2.05) is 54.6 Å². The van der Waals surface area contributed by atoms with E-state index in [0.29, 0.717) is 0 Å². The van der Waals surface area contributed by atoms with Crippen LogP contribution in [0.2, 0.25) is 0 Å². The van der Waals surface area contributed by atoms with Crippen LogP contribution in [0, 0.1) is 22.7 Å². The first kappa shape index (κ1) is 13.3. The summed E-state index contributed by atoms with van der Waals surface area (Å²) in [4.78, 5) is 1.98. The predicted molar refractivity (Wildman–Crippen MR) is 72.4 cm³/mol. The number of nitriles is 2. The van der Waals surface area contributed by atoms with Crippen LogP contribution in [-0.2, 0) is 0 Å². The maximum atomic E-state index is 8.52. The zero-order valence-electron chi connectivity index (χ0n) is 10.1. The van der Waals surface area contributed by atoms with Crippen LogP contribution in [0.5, 0.6) is 0 Å². The molecule has 0 fully saturated rings. The Morgan fingerprint density at radius 1 is 1.06 bits per heavy atom. The molecule has 0 bridgehead atoms. The van der Waals surface area contributed by atoms with Crippen molar-refractivity contribution < 1.29 is 0 Å². The molecule has 0 atom stereocenters. The molecule has 1 rings (SSSR count). The van der Waals surface area contributed by atoms with Crippen molar-refractivity contribution in [3.8, 4) is 12.1 Å². The number of para-hydroxylation sites is 1. The second-order valence-corrected chi connectivity index (χ2v) is 3.48. The van der Waals surface area contributed by atoms with Crippen LogP contribution in [0.4, 0.5) is 5.69 Å². The normalized spacial score (nSPS) is 9.94. The average molecular weight is 235 g/mol.